The Morgan fingerprint density at radius 3 is 2.00 bits per heavy atom. The van der Waals surface area contributed by atoms with Gasteiger partial charge in [-0.15, -0.1) is 11.8 Å². The molecule has 2 rings (SSSR count). The van der Waals surface area contributed by atoms with E-state index in [0.717, 1.165) is 5.56 Å². The molecule has 0 aliphatic heterocycles. The van der Waals surface area contributed by atoms with Crippen molar-refractivity contribution in [2.45, 2.75) is 17.4 Å². The van der Waals surface area contributed by atoms with Gasteiger partial charge in [0.1, 0.15) is 0 Å². The van der Waals surface area contributed by atoms with Crippen molar-refractivity contribution in [3.05, 3.63) is 54.1 Å². The molecule has 2 aromatic rings. The van der Waals surface area contributed by atoms with E-state index < -0.39 is 0 Å². The van der Waals surface area contributed by atoms with Crippen LogP contribution < -0.4 is 5.73 Å². The van der Waals surface area contributed by atoms with E-state index in [0.29, 0.717) is 6.42 Å². The molecule has 0 spiro atoms. The fourth-order valence-electron chi connectivity index (χ4n) is 1.98. The molecular weight excluding hydrogens is 254 g/mol. The van der Waals surface area contributed by atoms with Gasteiger partial charge in [0.25, 0.3) is 0 Å². The lowest BCUT2D eigenvalue weighted by Gasteiger charge is -2.09. The van der Waals surface area contributed by atoms with Crippen LogP contribution in [0.4, 0.5) is 0 Å². The summed E-state index contributed by atoms with van der Waals surface area (Å²) in [4.78, 5) is 1.27. The third-order valence-electron chi connectivity index (χ3n) is 3.11. The van der Waals surface area contributed by atoms with E-state index in [1.807, 2.05) is 0 Å². The average molecular weight is 273 g/mol. The Bertz CT molecular complexity index is 507. The first kappa shape index (κ1) is 14.1. The summed E-state index contributed by atoms with van der Waals surface area (Å²) in [5, 5.41) is 8.95. The summed E-state index contributed by atoms with van der Waals surface area (Å²) in [7, 11) is 0. The number of thioether (sulfide) groups is 1. The molecule has 0 saturated heterocycles. The number of benzene rings is 2. The van der Waals surface area contributed by atoms with Gasteiger partial charge in [0, 0.05) is 10.9 Å². The van der Waals surface area contributed by atoms with Gasteiger partial charge in [-0.25, -0.2) is 0 Å². The average Bonchev–Trinajstić information content (AvgIpc) is 2.48. The molecule has 1 atom stereocenters. The summed E-state index contributed by atoms with van der Waals surface area (Å²) in [5.41, 5.74) is 9.31. The first-order valence-electron chi connectivity index (χ1n) is 6.32. The van der Waals surface area contributed by atoms with Crippen molar-refractivity contribution >= 4 is 11.8 Å². The van der Waals surface area contributed by atoms with Crippen LogP contribution in [-0.4, -0.2) is 24.0 Å². The van der Waals surface area contributed by atoms with E-state index in [1.54, 1.807) is 11.8 Å². The zero-order valence-electron chi connectivity index (χ0n) is 11.0. The summed E-state index contributed by atoms with van der Waals surface area (Å²) in [5.74, 6) is 0. The van der Waals surface area contributed by atoms with Crippen molar-refractivity contribution in [3.63, 3.8) is 0 Å². The number of nitrogens with two attached hydrogens (primary N) is 1. The molecule has 3 heteroatoms. The molecule has 0 aliphatic carbocycles. The monoisotopic (exact) mass is 273 g/mol. The van der Waals surface area contributed by atoms with Crippen molar-refractivity contribution in [1.29, 1.82) is 0 Å². The Hall–Kier alpha value is -1.29. The zero-order chi connectivity index (χ0) is 13.7. The van der Waals surface area contributed by atoms with Crippen LogP contribution in [0.5, 0.6) is 0 Å². The third kappa shape index (κ3) is 3.83. The van der Waals surface area contributed by atoms with Gasteiger partial charge in [0.15, 0.2) is 0 Å². The van der Waals surface area contributed by atoms with E-state index >= 15 is 0 Å². The molecule has 0 radical (unpaired) electrons. The lowest BCUT2D eigenvalue weighted by Crippen LogP contribution is -2.26. The van der Waals surface area contributed by atoms with Gasteiger partial charge < -0.3 is 10.8 Å². The van der Waals surface area contributed by atoms with Crippen molar-refractivity contribution in [3.8, 4) is 11.1 Å². The minimum atomic E-state index is -0.174. The van der Waals surface area contributed by atoms with Crippen LogP contribution in [0.25, 0.3) is 11.1 Å². The van der Waals surface area contributed by atoms with Gasteiger partial charge in [0.2, 0.25) is 0 Å². The summed E-state index contributed by atoms with van der Waals surface area (Å²) in [6, 6.07) is 16.7. The van der Waals surface area contributed by atoms with E-state index in [-0.39, 0.29) is 12.6 Å². The van der Waals surface area contributed by atoms with Crippen LogP contribution >= 0.6 is 11.8 Å². The van der Waals surface area contributed by atoms with Crippen molar-refractivity contribution in [2.24, 2.45) is 5.73 Å². The molecule has 0 amide bonds. The molecule has 0 fully saturated rings. The summed E-state index contributed by atoms with van der Waals surface area (Å²) >= 11 is 1.75. The summed E-state index contributed by atoms with van der Waals surface area (Å²) in [6.07, 6.45) is 2.79. The smallest absolute Gasteiger partial charge is 0.0585 e. The zero-order valence-corrected chi connectivity index (χ0v) is 11.9. The van der Waals surface area contributed by atoms with Crippen LogP contribution in [0.2, 0.25) is 0 Å². The lowest BCUT2D eigenvalue weighted by molar-refractivity contribution is 0.265. The Morgan fingerprint density at radius 1 is 1.00 bits per heavy atom. The maximum atomic E-state index is 8.95. The minimum Gasteiger partial charge on any atom is -0.395 e. The number of aliphatic hydroxyl groups excluding tert-OH is 1. The first-order chi connectivity index (χ1) is 9.22. The molecule has 2 aromatic carbocycles. The normalized spacial score (nSPS) is 12.4. The van der Waals surface area contributed by atoms with Crippen LogP contribution in [0.1, 0.15) is 5.56 Å². The molecule has 0 aromatic heterocycles. The van der Waals surface area contributed by atoms with E-state index in [9.17, 15) is 0 Å². The van der Waals surface area contributed by atoms with Gasteiger partial charge in [-0.3, -0.25) is 0 Å². The fourth-order valence-corrected chi connectivity index (χ4v) is 2.39. The lowest BCUT2D eigenvalue weighted by atomic mass is 10.0. The van der Waals surface area contributed by atoms with Crippen LogP contribution in [0, 0.1) is 0 Å². The highest BCUT2D eigenvalue weighted by Crippen LogP contribution is 2.23. The topological polar surface area (TPSA) is 46.2 Å². The molecule has 3 N–H and O–H groups in total. The van der Waals surface area contributed by atoms with E-state index in [1.165, 1.54) is 16.0 Å². The van der Waals surface area contributed by atoms with Gasteiger partial charge in [-0.05, 0) is 41.5 Å². The van der Waals surface area contributed by atoms with Gasteiger partial charge in [-0.1, -0.05) is 36.4 Å². The SMILES string of the molecule is CSc1ccc(-c2ccc(CC(N)CO)cc2)cc1. The molecule has 1 unspecified atom stereocenters. The summed E-state index contributed by atoms with van der Waals surface area (Å²) < 4.78 is 0. The maximum Gasteiger partial charge on any atom is 0.0585 e. The van der Waals surface area contributed by atoms with Crippen LogP contribution in [0.15, 0.2) is 53.4 Å². The molecule has 19 heavy (non-hydrogen) atoms. The van der Waals surface area contributed by atoms with Crippen molar-refractivity contribution in [1.82, 2.24) is 0 Å². The Kier molecular flexibility index (Phi) is 5.02. The fraction of sp³-hybridized carbons (Fsp3) is 0.250. The number of hydrogen-bond donors (Lipinski definition) is 2. The molecule has 0 heterocycles. The highest BCUT2D eigenvalue weighted by Gasteiger charge is 2.03. The predicted octanol–water partition coefficient (Wildman–Crippen LogP) is 2.94. The predicted molar refractivity (Wildman–Crippen MR) is 82.4 cm³/mol. The highest BCUT2D eigenvalue weighted by molar-refractivity contribution is 7.98. The molecule has 0 aliphatic rings. The maximum absolute atomic E-state index is 8.95. The second kappa shape index (κ2) is 6.75. The molecule has 100 valence electrons. The quantitative estimate of drug-likeness (QED) is 0.823. The number of rotatable bonds is 5. The molecule has 0 bridgehead atoms. The number of aliphatic hydroxyl groups is 1. The van der Waals surface area contributed by atoms with Gasteiger partial charge >= 0.3 is 0 Å². The van der Waals surface area contributed by atoms with Gasteiger partial charge in [-0.2, -0.15) is 0 Å². The highest BCUT2D eigenvalue weighted by atomic mass is 32.2. The first-order valence-corrected chi connectivity index (χ1v) is 7.55. The minimum absolute atomic E-state index is 0.0257. The van der Waals surface area contributed by atoms with Crippen molar-refractivity contribution in [2.75, 3.05) is 12.9 Å². The Labute approximate surface area is 118 Å². The van der Waals surface area contributed by atoms with E-state index in [2.05, 4.69) is 54.8 Å². The molecular formula is C16H19NOS. The Balaban J connectivity index is 2.12. The van der Waals surface area contributed by atoms with Crippen molar-refractivity contribution < 1.29 is 5.11 Å². The second-order valence-electron chi connectivity index (χ2n) is 4.57. The number of hydrogen-bond acceptors (Lipinski definition) is 3. The second-order valence-corrected chi connectivity index (χ2v) is 5.45. The standard InChI is InChI=1S/C16H19NOS/c1-19-16-8-6-14(7-9-16)13-4-2-12(3-5-13)10-15(17)11-18/h2-9,15,18H,10-11,17H2,1H3. The molecule has 0 saturated carbocycles. The summed E-state index contributed by atoms with van der Waals surface area (Å²) in [6.45, 7) is 0.0257. The largest absolute Gasteiger partial charge is 0.395 e. The van der Waals surface area contributed by atoms with Gasteiger partial charge in [0.05, 0.1) is 6.61 Å². The molecule has 2 nitrogen and oxygen atoms in total. The van der Waals surface area contributed by atoms with Crippen LogP contribution in [-0.2, 0) is 6.42 Å². The van der Waals surface area contributed by atoms with E-state index in [4.69, 9.17) is 10.8 Å². The third-order valence-corrected chi connectivity index (χ3v) is 3.85. The Morgan fingerprint density at radius 2 is 1.53 bits per heavy atom. The van der Waals surface area contributed by atoms with Crippen LogP contribution in [0.3, 0.4) is 0 Å².